The third-order valence-corrected chi connectivity index (χ3v) is 7.19. The SMILES string of the molecule is [2H]C([2H])([2H])[C@H]1C([2H])([2H])[C@]([2H])(NCC)c2cc(S(N)(=O)=O)sc2S1(=O)=O. The molecule has 2 atom stereocenters. The molecule has 0 saturated heterocycles. The van der Waals surface area contributed by atoms with Crippen LogP contribution in [0.3, 0.4) is 0 Å². The molecule has 1 aliphatic heterocycles. The zero-order chi connectivity index (χ0) is 19.6. The first-order valence-electron chi connectivity index (χ1n) is 8.17. The van der Waals surface area contributed by atoms with Crippen LogP contribution in [0, 0.1) is 0 Å². The minimum atomic E-state index is -4.78. The summed E-state index contributed by atoms with van der Waals surface area (Å²) in [5.74, 6) is 0. The van der Waals surface area contributed by atoms with Crippen LogP contribution >= 0.6 is 11.3 Å². The van der Waals surface area contributed by atoms with Crippen LogP contribution < -0.4 is 10.5 Å². The second-order valence-electron chi connectivity index (χ2n) is 3.79. The molecule has 0 saturated carbocycles. The molecule has 108 valence electrons. The molecule has 0 bridgehead atoms. The van der Waals surface area contributed by atoms with Crippen LogP contribution in [0.2, 0.25) is 0 Å². The van der Waals surface area contributed by atoms with Crippen molar-refractivity contribution in [1.29, 1.82) is 0 Å². The van der Waals surface area contributed by atoms with E-state index in [2.05, 4.69) is 5.32 Å². The molecule has 2 rings (SSSR count). The van der Waals surface area contributed by atoms with Gasteiger partial charge in [0.15, 0.2) is 9.84 Å². The Kier molecular flexibility index (Phi) is 2.21. The highest BCUT2D eigenvalue weighted by atomic mass is 32.3. The van der Waals surface area contributed by atoms with Gasteiger partial charge in [-0.2, -0.15) is 0 Å². The Morgan fingerprint density at radius 2 is 2.42 bits per heavy atom. The Morgan fingerprint density at radius 1 is 1.74 bits per heavy atom. The molecule has 1 aromatic rings. The second-order valence-corrected chi connectivity index (χ2v) is 8.85. The first-order valence-corrected chi connectivity index (χ1v) is 9.08. The number of sulfone groups is 1. The number of nitrogens with one attached hydrogen (secondary N) is 1. The molecular weight excluding hydrogens is 308 g/mol. The van der Waals surface area contributed by atoms with Gasteiger partial charge in [-0.15, -0.1) is 11.3 Å². The number of sulfonamides is 1. The van der Waals surface area contributed by atoms with E-state index in [1.165, 1.54) is 6.92 Å². The van der Waals surface area contributed by atoms with Crippen LogP contribution in [-0.4, -0.2) is 28.6 Å². The van der Waals surface area contributed by atoms with E-state index in [4.69, 9.17) is 13.4 Å². The third-order valence-electron chi connectivity index (χ3n) is 2.42. The Labute approximate surface area is 125 Å². The number of hydrogen-bond acceptors (Lipinski definition) is 6. The third kappa shape index (κ3) is 2.57. The fourth-order valence-electron chi connectivity index (χ4n) is 1.59. The summed E-state index contributed by atoms with van der Waals surface area (Å²) in [5, 5.41) is 4.93. The molecule has 6 nitrogen and oxygen atoms in total. The summed E-state index contributed by atoms with van der Waals surface area (Å²) >= 11 is 0.220. The van der Waals surface area contributed by atoms with Gasteiger partial charge in [0.2, 0.25) is 10.0 Å². The predicted molar refractivity (Wildman–Crippen MR) is 73.4 cm³/mol. The number of hydrogen-bond donors (Lipinski definition) is 2. The maximum atomic E-state index is 12.8. The monoisotopic (exact) mass is 330 g/mol. The first-order chi connectivity index (χ1) is 11.0. The van der Waals surface area contributed by atoms with Gasteiger partial charge in [-0.25, -0.2) is 22.0 Å². The molecule has 0 radical (unpaired) electrons. The van der Waals surface area contributed by atoms with Crippen LogP contribution in [0.25, 0.3) is 0 Å². The van der Waals surface area contributed by atoms with E-state index in [1.807, 2.05) is 0 Å². The summed E-state index contributed by atoms with van der Waals surface area (Å²) in [6.07, 6.45) is -3.07. The van der Waals surface area contributed by atoms with Crippen molar-refractivity contribution in [2.75, 3.05) is 6.54 Å². The molecule has 2 heterocycles. The Hall–Kier alpha value is -0.480. The fourth-order valence-corrected chi connectivity index (χ4v) is 5.36. The van der Waals surface area contributed by atoms with Gasteiger partial charge in [-0.05, 0) is 25.8 Å². The molecule has 0 aromatic carbocycles. The molecule has 1 aromatic heterocycles. The van der Waals surface area contributed by atoms with E-state index < -0.39 is 58.3 Å². The average molecular weight is 330 g/mol. The Morgan fingerprint density at radius 3 is 2.95 bits per heavy atom. The lowest BCUT2D eigenvalue weighted by molar-refractivity contribution is 0.477. The normalized spacial score (nSPS) is 37.9. The quantitative estimate of drug-likeness (QED) is 0.844. The predicted octanol–water partition coefficient (Wildman–Crippen LogP) is 0.612. The molecule has 1 aliphatic rings. The molecule has 0 amide bonds. The van der Waals surface area contributed by atoms with Gasteiger partial charge in [0.25, 0.3) is 0 Å². The van der Waals surface area contributed by atoms with Crippen LogP contribution in [0.15, 0.2) is 14.5 Å². The smallest absolute Gasteiger partial charge is 0.247 e. The first kappa shape index (κ1) is 8.73. The van der Waals surface area contributed by atoms with Gasteiger partial charge in [0.1, 0.15) is 8.42 Å². The van der Waals surface area contributed by atoms with Gasteiger partial charge in [0.05, 0.1) is 6.62 Å². The summed E-state index contributed by atoms with van der Waals surface area (Å²) in [4.78, 5) is 0. The van der Waals surface area contributed by atoms with Crippen LogP contribution in [0.4, 0.5) is 0 Å². The van der Waals surface area contributed by atoms with Gasteiger partial charge < -0.3 is 5.32 Å². The van der Waals surface area contributed by atoms with Crippen molar-refractivity contribution >= 4 is 31.2 Å². The van der Waals surface area contributed by atoms with Crippen molar-refractivity contribution in [3.8, 4) is 0 Å². The van der Waals surface area contributed by atoms with Crippen molar-refractivity contribution in [2.24, 2.45) is 5.14 Å². The highest BCUT2D eigenvalue weighted by Crippen LogP contribution is 2.42. The molecular formula is C10H16N2O4S3. The fraction of sp³-hybridized carbons (Fsp3) is 0.600. The number of thiophene rings is 1. The summed E-state index contributed by atoms with van der Waals surface area (Å²) in [7, 11) is -9.10. The number of fused-ring (bicyclic) bond motifs is 1. The molecule has 0 spiro atoms. The maximum Gasteiger partial charge on any atom is 0.247 e. The lowest BCUT2D eigenvalue weighted by atomic mass is 10.1. The standard InChI is InChI=1S/C10H16N2O4S3/c1-3-12-8-4-6(2)18(13,14)10-7(8)5-9(17-10)19(11,15)16/h5-6,8,12H,3-4H2,1-2H3,(H2,11,15,16)/t6-,8-/m0/s1/i2D3,4D2,8D. The summed E-state index contributed by atoms with van der Waals surface area (Å²) in [5.41, 5.74) is -0.464. The van der Waals surface area contributed by atoms with Crippen molar-refractivity contribution < 1.29 is 25.1 Å². The second kappa shape index (κ2) is 4.81. The van der Waals surface area contributed by atoms with E-state index in [-0.39, 0.29) is 17.9 Å². The van der Waals surface area contributed by atoms with Crippen molar-refractivity contribution in [3.05, 3.63) is 11.6 Å². The van der Waals surface area contributed by atoms with E-state index >= 15 is 0 Å². The molecule has 3 N–H and O–H groups in total. The Balaban J connectivity index is 2.97. The van der Waals surface area contributed by atoms with Gasteiger partial charge in [0, 0.05) is 18.4 Å². The maximum absolute atomic E-state index is 12.8. The van der Waals surface area contributed by atoms with Gasteiger partial charge in [-0.1, -0.05) is 6.92 Å². The van der Waals surface area contributed by atoms with E-state index in [1.54, 1.807) is 0 Å². The summed E-state index contributed by atoms with van der Waals surface area (Å²) < 4.78 is 94.6. The summed E-state index contributed by atoms with van der Waals surface area (Å²) in [6.45, 7) is -1.74. The average Bonchev–Trinajstić information content (AvgIpc) is 2.80. The molecule has 0 fully saturated rings. The van der Waals surface area contributed by atoms with E-state index in [0.717, 1.165) is 6.07 Å². The van der Waals surface area contributed by atoms with Crippen molar-refractivity contribution in [3.63, 3.8) is 0 Å². The van der Waals surface area contributed by atoms with E-state index in [9.17, 15) is 16.8 Å². The zero-order valence-corrected chi connectivity index (χ0v) is 12.2. The van der Waals surface area contributed by atoms with Crippen molar-refractivity contribution in [1.82, 2.24) is 5.32 Å². The number of primary sulfonamides is 1. The van der Waals surface area contributed by atoms with Gasteiger partial charge >= 0.3 is 0 Å². The molecule has 0 unspecified atom stereocenters. The minimum Gasteiger partial charge on any atom is -0.310 e. The molecule has 0 aliphatic carbocycles. The minimum absolute atomic E-state index is 0.0107. The Bertz CT molecular complexity index is 908. The highest BCUT2D eigenvalue weighted by molar-refractivity contribution is 7.95. The largest absolute Gasteiger partial charge is 0.310 e. The summed E-state index contributed by atoms with van der Waals surface area (Å²) in [6, 6.07) is -1.67. The highest BCUT2D eigenvalue weighted by Gasteiger charge is 2.39. The lowest BCUT2D eigenvalue weighted by Crippen LogP contribution is -2.33. The van der Waals surface area contributed by atoms with Crippen LogP contribution in [0.1, 0.15) is 40.0 Å². The number of rotatable bonds is 3. The van der Waals surface area contributed by atoms with Gasteiger partial charge in [-0.3, -0.25) is 0 Å². The van der Waals surface area contributed by atoms with E-state index in [0.29, 0.717) is 0 Å². The topological polar surface area (TPSA) is 106 Å². The van der Waals surface area contributed by atoms with Crippen LogP contribution in [0.5, 0.6) is 0 Å². The molecule has 19 heavy (non-hydrogen) atoms. The number of nitrogens with two attached hydrogens (primary N) is 1. The van der Waals surface area contributed by atoms with Crippen LogP contribution in [-0.2, 0) is 19.9 Å². The van der Waals surface area contributed by atoms with Crippen molar-refractivity contribution in [2.45, 2.75) is 39.8 Å². The molecule has 9 heteroatoms. The zero-order valence-electron chi connectivity index (χ0n) is 15.8. The lowest BCUT2D eigenvalue weighted by Gasteiger charge is -2.27.